The lowest BCUT2D eigenvalue weighted by atomic mass is 9.82. The first-order valence-electron chi connectivity index (χ1n) is 6.46. The van der Waals surface area contributed by atoms with Crippen molar-refractivity contribution in [3.8, 4) is 0 Å². The van der Waals surface area contributed by atoms with Crippen molar-refractivity contribution in [3.05, 3.63) is 0 Å². The summed E-state index contributed by atoms with van der Waals surface area (Å²) in [6.07, 6.45) is 3.29. The summed E-state index contributed by atoms with van der Waals surface area (Å²) in [7, 11) is 0. The highest BCUT2D eigenvalue weighted by Crippen LogP contribution is 2.41. The Morgan fingerprint density at radius 1 is 1.29 bits per heavy atom. The molecule has 0 radical (unpaired) electrons. The van der Waals surface area contributed by atoms with Crippen LogP contribution in [0.2, 0.25) is 0 Å². The number of carbonyl (C=O) groups excluding carboxylic acids is 1. The van der Waals surface area contributed by atoms with Crippen LogP contribution in [0.5, 0.6) is 0 Å². The molecule has 0 bridgehead atoms. The summed E-state index contributed by atoms with van der Waals surface area (Å²) in [5.41, 5.74) is -0.792. The van der Waals surface area contributed by atoms with Crippen LogP contribution in [0.4, 0.5) is 0 Å². The molecule has 98 valence electrons. The van der Waals surface area contributed by atoms with Crippen molar-refractivity contribution in [2.75, 3.05) is 6.54 Å². The topological polar surface area (TPSA) is 57.6 Å². The van der Waals surface area contributed by atoms with Crippen LogP contribution >= 0.6 is 0 Å². The maximum Gasteiger partial charge on any atom is 0.310 e. The van der Waals surface area contributed by atoms with E-state index in [1.165, 1.54) is 0 Å². The standard InChI is InChI=1S/C13H23NO3/c1-4-14(10(2)3)11(15)9-13(12(16)17)7-5-6-8-13/h10H,4-9H2,1-3H3,(H,16,17). The SMILES string of the molecule is CCN(C(=O)CC1(C(=O)O)CCCC1)C(C)C. The number of rotatable bonds is 5. The second-order valence-electron chi connectivity index (χ2n) is 5.24. The van der Waals surface area contributed by atoms with Gasteiger partial charge in [0.25, 0.3) is 0 Å². The molecule has 0 heterocycles. The van der Waals surface area contributed by atoms with Crippen LogP contribution in [0.3, 0.4) is 0 Å². The number of hydrogen-bond donors (Lipinski definition) is 1. The molecule has 4 heteroatoms. The van der Waals surface area contributed by atoms with Crippen LogP contribution in [0.1, 0.15) is 52.9 Å². The fourth-order valence-corrected chi connectivity index (χ4v) is 2.74. The molecule has 0 aromatic carbocycles. The Labute approximate surface area is 103 Å². The third kappa shape index (κ3) is 2.99. The predicted molar refractivity (Wildman–Crippen MR) is 65.7 cm³/mol. The summed E-state index contributed by atoms with van der Waals surface area (Å²) < 4.78 is 0. The molecule has 1 rings (SSSR count). The molecule has 0 saturated heterocycles. The number of nitrogens with zero attached hydrogens (tertiary/aromatic N) is 1. The van der Waals surface area contributed by atoms with Gasteiger partial charge in [0.05, 0.1) is 5.41 Å². The van der Waals surface area contributed by atoms with Gasteiger partial charge in [-0.05, 0) is 33.6 Å². The van der Waals surface area contributed by atoms with Gasteiger partial charge in [-0.2, -0.15) is 0 Å². The van der Waals surface area contributed by atoms with E-state index in [-0.39, 0.29) is 18.4 Å². The lowest BCUT2D eigenvalue weighted by Gasteiger charge is -2.30. The molecule has 1 saturated carbocycles. The zero-order chi connectivity index (χ0) is 13.1. The summed E-state index contributed by atoms with van der Waals surface area (Å²) in [6, 6.07) is 0.139. The van der Waals surface area contributed by atoms with Crippen molar-refractivity contribution in [1.29, 1.82) is 0 Å². The van der Waals surface area contributed by atoms with Crippen molar-refractivity contribution in [2.24, 2.45) is 5.41 Å². The molecule has 1 aliphatic rings. The largest absolute Gasteiger partial charge is 0.481 e. The molecule has 0 aromatic rings. The van der Waals surface area contributed by atoms with Gasteiger partial charge < -0.3 is 10.0 Å². The monoisotopic (exact) mass is 241 g/mol. The maximum absolute atomic E-state index is 12.1. The van der Waals surface area contributed by atoms with E-state index in [0.717, 1.165) is 12.8 Å². The molecular formula is C13H23NO3. The first-order valence-corrected chi connectivity index (χ1v) is 6.46. The molecule has 1 aliphatic carbocycles. The fourth-order valence-electron chi connectivity index (χ4n) is 2.74. The summed E-state index contributed by atoms with van der Waals surface area (Å²) >= 11 is 0. The predicted octanol–water partition coefficient (Wildman–Crippen LogP) is 2.28. The highest BCUT2D eigenvalue weighted by molar-refractivity contribution is 5.85. The average Bonchev–Trinajstić information content (AvgIpc) is 2.67. The minimum absolute atomic E-state index is 0.0215. The van der Waals surface area contributed by atoms with Gasteiger partial charge in [-0.1, -0.05) is 12.8 Å². The first-order chi connectivity index (χ1) is 7.93. The van der Waals surface area contributed by atoms with Crippen molar-refractivity contribution < 1.29 is 14.7 Å². The zero-order valence-corrected chi connectivity index (χ0v) is 11.0. The van der Waals surface area contributed by atoms with Crippen LogP contribution in [0, 0.1) is 5.41 Å². The Morgan fingerprint density at radius 2 is 1.82 bits per heavy atom. The molecular weight excluding hydrogens is 218 g/mol. The van der Waals surface area contributed by atoms with Crippen LogP contribution in [-0.2, 0) is 9.59 Å². The molecule has 0 aliphatic heterocycles. The number of hydrogen-bond acceptors (Lipinski definition) is 2. The third-order valence-electron chi connectivity index (χ3n) is 3.79. The Kier molecular flexibility index (Phi) is 4.54. The normalized spacial score (nSPS) is 18.4. The third-order valence-corrected chi connectivity index (χ3v) is 3.79. The molecule has 0 aromatic heterocycles. The Hall–Kier alpha value is -1.06. The minimum Gasteiger partial charge on any atom is -0.481 e. The number of aliphatic carboxylic acids is 1. The van der Waals surface area contributed by atoms with Gasteiger partial charge in [0.15, 0.2) is 0 Å². The fraction of sp³-hybridized carbons (Fsp3) is 0.846. The minimum atomic E-state index is -0.803. The van der Waals surface area contributed by atoms with Gasteiger partial charge in [-0.25, -0.2) is 0 Å². The Morgan fingerprint density at radius 3 is 2.18 bits per heavy atom. The number of amides is 1. The van der Waals surface area contributed by atoms with E-state index < -0.39 is 11.4 Å². The van der Waals surface area contributed by atoms with Gasteiger partial charge in [0.2, 0.25) is 5.91 Å². The van der Waals surface area contributed by atoms with Crippen molar-refractivity contribution >= 4 is 11.9 Å². The van der Waals surface area contributed by atoms with Gasteiger partial charge in [-0.3, -0.25) is 9.59 Å². The molecule has 1 N–H and O–H groups in total. The average molecular weight is 241 g/mol. The quantitative estimate of drug-likeness (QED) is 0.803. The van der Waals surface area contributed by atoms with Crippen LogP contribution in [0.15, 0.2) is 0 Å². The second-order valence-corrected chi connectivity index (χ2v) is 5.24. The van der Waals surface area contributed by atoms with Crippen LogP contribution in [0.25, 0.3) is 0 Å². The van der Waals surface area contributed by atoms with Gasteiger partial charge in [-0.15, -0.1) is 0 Å². The van der Waals surface area contributed by atoms with E-state index in [1.54, 1.807) is 4.90 Å². The van der Waals surface area contributed by atoms with E-state index >= 15 is 0 Å². The van der Waals surface area contributed by atoms with E-state index in [1.807, 2.05) is 20.8 Å². The van der Waals surface area contributed by atoms with Gasteiger partial charge in [0, 0.05) is 19.0 Å². The van der Waals surface area contributed by atoms with E-state index in [9.17, 15) is 14.7 Å². The summed E-state index contributed by atoms with van der Waals surface area (Å²) in [6.45, 7) is 6.50. The van der Waals surface area contributed by atoms with Crippen LogP contribution in [-0.4, -0.2) is 34.5 Å². The van der Waals surface area contributed by atoms with Crippen molar-refractivity contribution in [2.45, 2.75) is 58.9 Å². The Balaban J connectivity index is 2.74. The molecule has 1 fully saturated rings. The van der Waals surface area contributed by atoms with E-state index in [2.05, 4.69) is 0 Å². The highest BCUT2D eigenvalue weighted by Gasteiger charge is 2.43. The van der Waals surface area contributed by atoms with Gasteiger partial charge >= 0.3 is 5.97 Å². The molecule has 17 heavy (non-hydrogen) atoms. The molecule has 4 nitrogen and oxygen atoms in total. The zero-order valence-electron chi connectivity index (χ0n) is 11.0. The molecule has 0 spiro atoms. The Bertz CT molecular complexity index is 293. The smallest absolute Gasteiger partial charge is 0.310 e. The molecule has 0 atom stereocenters. The summed E-state index contributed by atoms with van der Waals surface area (Å²) in [5, 5.41) is 9.33. The molecule has 0 unspecified atom stereocenters. The number of carboxylic acid groups (broad SMARTS) is 1. The summed E-state index contributed by atoms with van der Waals surface area (Å²) in [5.74, 6) is -0.824. The number of carboxylic acids is 1. The number of carbonyl (C=O) groups is 2. The van der Waals surface area contributed by atoms with Crippen LogP contribution < -0.4 is 0 Å². The summed E-state index contributed by atoms with van der Waals surface area (Å²) in [4.78, 5) is 25.3. The van der Waals surface area contributed by atoms with Gasteiger partial charge in [0.1, 0.15) is 0 Å². The molecule has 1 amide bonds. The maximum atomic E-state index is 12.1. The highest BCUT2D eigenvalue weighted by atomic mass is 16.4. The lowest BCUT2D eigenvalue weighted by Crippen LogP contribution is -2.41. The van der Waals surface area contributed by atoms with E-state index in [4.69, 9.17) is 0 Å². The first kappa shape index (κ1) is 14.0. The van der Waals surface area contributed by atoms with Crippen molar-refractivity contribution in [3.63, 3.8) is 0 Å². The van der Waals surface area contributed by atoms with Crippen molar-refractivity contribution in [1.82, 2.24) is 4.90 Å². The lowest BCUT2D eigenvalue weighted by molar-refractivity contribution is -0.153. The second kappa shape index (κ2) is 5.52. The van der Waals surface area contributed by atoms with E-state index in [0.29, 0.717) is 19.4 Å².